The van der Waals surface area contributed by atoms with Crippen LogP contribution in [0, 0.1) is 5.82 Å². The van der Waals surface area contributed by atoms with Gasteiger partial charge in [-0.3, -0.25) is 9.69 Å². The Bertz CT molecular complexity index is 1050. The molecule has 0 unspecified atom stereocenters. The van der Waals surface area contributed by atoms with Crippen LogP contribution < -0.4 is 9.62 Å². The van der Waals surface area contributed by atoms with Crippen molar-refractivity contribution in [3.05, 3.63) is 63.4 Å². The van der Waals surface area contributed by atoms with Gasteiger partial charge in [0.15, 0.2) is 0 Å². The maximum Gasteiger partial charge on any atom is 0.267 e. The lowest BCUT2D eigenvalue weighted by molar-refractivity contribution is 0.0977. The number of rotatable bonds is 6. The summed E-state index contributed by atoms with van der Waals surface area (Å²) in [6.07, 6.45) is 0. The number of nitrogens with zero attached hydrogens (tertiary/aromatic N) is 2. The number of amides is 1. The van der Waals surface area contributed by atoms with Crippen LogP contribution in [0.5, 0.6) is 0 Å². The number of carbonyl (C=O) groups is 1. The Morgan fingerprint density at radius 1 is 1.10 bits per heavy atom. The number of nitrogens with one attached hydrogen (secondary N) is 1. The molecule has 1 aliphatic rings. The third-order valence-corrected chi connectivity index (χ3v) is 7.51. The van der Waals surface area contributed by atoms with E-state index in [4.69, 9.17) is 23.2 Å². The monoisotopic (exact) mass is 487 g/mol. The highest BCUT2D eigenvalue weighted by Gasteiger charge is 2.24. The molecule has 0 spiro atoms. The minimum Gasteiger partial charge on any atom is -0.369 e. The summed E-state index contributed by atoms with van der Waals surface area (Å²) < 4.78 is 40.2. The van der Waals surface area contributed by atoms with Gasteiger partial charge in [-0.15, -0.1) is 0 Å². The highest BCUT2D eigenvalue weighted by atomic mass is 35.5. The number of halogens is 3. The van der Waals surface area contributed by atoms with E-state index < -0.39 is 32.6 Å². The first-order valence-electron chi connectivity index (χ1n) is 9.83. The van der Waals surface area contributed by atoms with Crippen molar-refractivity contribution >= 4 is 44.8 Å². The van der Waals surface area contributed by atoms with E-state index in [0.717, 1.165) is 31.9 Å². The molecular formula is C21H24Cl2FN3O3S. The summed E-state index contributed by atoms with van der Waals surface area (Å²) in [4.78, 5) is 16.6. The molecule has 168 valence electrons. The Morgan fingerprint density at radius 2 is 1.71 bits per heavy atom. The summed E-state index contributed by atoms with van der Waals surface area (Å²) in [7, 11) is -3.87. The van der Waals surface area contributed by atoms with Crippen molar-refractivity contribution in [1.82, 2.24) is 9.62 Å². The van der Waals surface area contributed by atoms with E-state index in [1.165, 1.54) is 26.0 Å². The van der Waals surface area contributed by atoms with Crippen molar-refractivity contribution in [2.24, 2.45) is 0 Å². The van der Waals surface area contributed by atoms with Crippen molar-refractivity contribution in [3.63, 3.8) is 0 Å². The van der Waals surface area contributed by atoms with Gasteiger partial charge in [0.05, 0.1) is 10.8 Å². The molecule has 0 radical (unpaired) electrons. The number of hydrogen-bond donors (Lipinski definition) is 1. The zero-order valence-corrected chi connectivity index (χ0v) is 19.6. The van der Waals surface area contributed by atoms with Gasteiger partial charge in [-0.2, -0.15) is 0 Å². The average Bonchev–Trinajstić information content (AvgIpc) is 2.71. The number of hydrogen-bond acceptors (Lipinski definition) is 5. The maximum atomic E-state index is 14.6. The van der Waals surface area contributed by atoms with Gasteiger partial charge in [0.25, 0.3) is 5.91 Å². The van der Waals surface area contributed by atoms with Crippen molar-refractivity contribution in [3.8, 4) is 0 Å². The fourth-order valence-electron chi connectivity index (χ4n) is 3.24. The zero-order chi connectivity index (χ0) is 22.8. The molecule has 31 heavy (non-hydrogen) atoms. The second-order valence-electron chi connectivity index (χ2n) is 7.69. The summed E-state index contributed by atoms with van der Waals surface area (Å²) in [5, 5.41) is 0.0902. The molecule has 10 heteroatoms. The molecule has 0 aromatic heterocycles. The van der Waals surface area contributed by atoms with Crippen LogP contribution in [-0.2, 0) is 16.6 Å². The molecule has 0 bridgehead atoms. The Kier molecular flexibility index (Phi) is 7.47. The van der Waals surface area contributed by atoms with E-state index in [-0.39, 0.29) is 5.02 Å². The standard InChI is InChI=1S/C21H24Cl2FN3O3S/c1-14(2)31(29,30)25-21(28)18-12-19(23)15(11-20(18)24)13-26-7-9-27(10-8-26)17-5-3-16(22)4-6-17/h3-6,11-12,14H,7-10,13H2,1-2H3,(H,25,28). The van der Waals surface area contributed by atoms with Gasteiger partial charge in [0.1, 0.15) is 5.82 Å². The van der Waals surface area contributed by atoms with Crippen LogP contribution in [0.15, 0.2) is 36.4 Å². The Hall–Kier alpha value is -1.87. The fraction of sp³-hybridized carbons (Fsp3) is 0.381. The number of piperazine rings is 1. The van der Waals surface area contributed by atoms with E-state index >= 15 is 0 Å². The van der Waals surface area contributed by atoms with Crippen LogP contribution in [-0.4, -0.2) is 50.7 Å². The molecule has 6 nitrogen and oxygen atoms in total. The Balaban J connectivity index is 1.65. The van der Waals surface area contributed by atoms with Gasteiger partial charge in [-0.25, -0.2) is 17.5 Å². The lowest BCUT2D eigenvalue weighted by Gasteiger charge is -2.36. The molecule has 0 aliphatic carbocycles. The minimum absolute atomic E-state index is 0.216. The maximum absolute atomic E-state index is 14.6. The van der Waals surface area contributed by atoms with Gasteiger partial charge in [-0.05, 0) is 55.8 Å². The van der Waals surface area contributed by atoms with Crippen LogP contribution in [0.4, 0.5) is 10.1 Å². The largest absolute Gasteiger partial charge is 0.369 e. The van der Waals surface area contributed by atoms with Crippen molar-refractivity contribution < 1.29 is 17.6 Å². The van der Waals surface area contributed by atoms with Crippen molar-refractivity contribution in [2.45, 2.75) is 25.6 Å². The number of carbonyl (C=O) groups excluding carboxylic acids is 1. The van der Waals surface area contributed by atoms with Crippen molar-refractivity contribution in [2.75, 3.05) is 31.1 Å². The normalized spacial score (nSPS) is 15.4. The zero-order valence-electron chi connectivity index (χ0n) is 17.2. The molecule has 1 aliphatic heterocycles. The van der Waals surface area contributed by atoms with Gasteiger partial charge in [0.2, 0.25) is 10.0 Å². The quantitative estimate of drug-likeness (QED) is 0.668. The predicted octanol–water partition coefficient (Wildman–Crippen LogP) is 3.92. The lowest BCUT2D eigenvalue weighted by atomic mass is 10.1. The highest BCUT2D eigenvalue weighted by molar-refractivity contribution is 7.90. The molecule has 0 atom stereocenters. The molecule has 1 fully saturated rings. The van der Waals surface area contributed by atoms with E-state index in [2.05, 4.69) is 9.80 Å². The first-order chi connectivity index (χ1) is 14.6. The van der Waals surface area contributed by atoms with Gasteiger partial charge < -0.3 is 4.90 Å². The third kappa shape index (κ3) is 5.88. The topological polar surface area (TPSA) is 69.7 Å². The number of benzene rings is 2. The van der Waals surface area contributed by atoms with Crippen LogP contribution >= 0.6 is 23.2 Å². The minimum atomic E-state index is -3.87. The fourth-order valence-corrected chi connectivity index (χ4v) is 4.20. The lowest BCUT2D eigenvalue weighted by Crippen LogP contribution is -2.46. The second-order valence-corrected chi connectivity index (χ2v) is 10.8. The Morgan fingerprint density at radius 3 is 2.29 bits per heavy atom. The highest BCUT2D eigenvalue weighted by Crippen LogP contribution is 2.25. The summed E-state index contributed by atoms with van der Waals surface area (Å²) in [6, 6.07) is 10.1. The molecule has 3 rings (SSSR count). The second kappa shape index (κ2) is 9.73. The van der Waals surface area contributed by atoms with E-state index in [9.17, 15) is 17.6 Å². The molecule has 1 amide bonds. The summed E-state index contributed by atoms with van der Waals surface area (Å²) >= 11 is 12.2. The van der Waals surface area contributed by atoms with Gasteiger partial charge in [0, 0.05) is 48.5 Å². The SMILES string of the molecule is CC(C)S(=O)(=O)NC(=O)c1cc(Cl)c(CN2CCN(c3ccc(Cl)cc3)CC2)cc1F. The third-order valence-electron chi connectivity index (χ3n) is 5.19. The van der Waals surface area contributed by atoms with E-state index in [1.807, 2.05) is 29.0 Å². The van der Waals surface area contributed by atoms with Crippen LogP contribution in [0.3, 0.4) is 0 Å². The molecule has 1 saturated heterocycles. The van der Waals surface area contributed by atoms with E-state index in [0.29, 0.717) is 17.1 Å². The summed E-state index contributed by atoms with van der Waals surface area (Å²) in [6.45, 7) is 6.40. The van der Waals surface area contributed by atoms with Crippen LogP contribution in [0.25, 0.3) is 0 Å². The molecule has 1 heterocycles. The summed E-state index contributed by atoms with van der Waals surface area (Å²) in [5.74, 6) is -1.84. The number of sulfonamides is 1. The smallest absolute Gasteiger partial charge is 0.267 e. The predicted molar refractivity (Wildman–Crippen MR) is 122 cm³/mol. The van der Waals surface area contributed by atoms with Gasteiger partial charge in [-0.1, -0.05) is 23.2 Å². The molecule has 1 N–H and O–H groups in total. The number of anilines is 1. The molecule has 2 aromatic rings. The van der Waals surface area contributed by atoms with Gasteiger partial charge >= 0.3 is 0 Å². The molecular weight excluding hydrogens is 464 g/mol. The first kappa shape index (κ1) is 23.8. The van der Waals surface area contributed by atoms with Crippen LogP contribution in [0.1, 0.15) is 29.8 Å². The average molecular weight is 488 g/mol. The summed E-state index contributed by atoms with van der Waals surface area (Å²) in [5.41, 5.74) is 1.24. The molecule has 0 saturated carbocycles. The van der Waals surface area contributed by atoms with E-state index in [1.54, 1.807) is 0 Å². The first-order valence-corrected chi connectivity index (χ1v) is 12.1. The van der Waals surface area contributed by atoms with Crippen LogP contribution in [0.2, 0.25) is 10.0 Å². The molecule has 2 aromatic carbocycles. The van der Waals surface area contributed by atoms with Crippen molar-refractivity contribution in [1.29, 1.82) is 0 Å². The Labute approximate surface area is 192 Å².